The lowest BCUT2D eigenvalue weighted by atomic mass is 10.0. The van der Waals surface area contributed by atoms with Crippen LogP contribution in [0.25, 0.3) is 22.0 Å². The highest BCUT2D eigenvalue weighted by Crippen LogP contribution is 2.38. The predicted octanol–water partition coefficient (Wildman–Crippen LogP) is 3.91. The average molecular weight is 333 g/mol. The molecule has 1 aromatic heterocycles. The highest BCUT2D eigenvalue weighted by molar-refractivity contribution is 7.98. The maximum atomic E-state index is 14.1. The van der Waals surface area contributed by atoms with Crippen LogP contribution in [-0.4, -0.2) is 15.9 Å². The van der Waals surface area contributed by atoms with E-state index in [1.807, 2.05) is 6.26 Å². The van der Waals surface area contributed by atoms with Crippen LogP contribution in [0.4, 0.5) is 8.78 Å². The third kappa shape index (κ3) is 2.39. The second kappa shape index (κ2) is 5.70. The minimum absolute atomic E-state index is 0.237. The van der Waals surface area contributed by atoms with E-state index in [4.69, 9.17) is 0 Å². The molecule has 0 amide bonds. The maximum absolute atomic E-state index is 14.1. The van der Waals surface area contributed by atoms with Gasteiger partial charge in [0.05, 0.1) is 16.5 Å². The largest absolute Gasteiger partial charge is 0.506 e. The molecule has 0 radical (unpaired) electrons. The Kier molecular flexibility index (Phi) is 3.85. The number of rotatable bonds is 2. The lowest BCUT2D eigenvalue weighted by Crippen LogP contribution is -2.20. The Hall–Kier alpha value is -2.34. The maximum Gasteiger partial charge on any atom is 0.262 e. The molecule has 0 atom stereocenters. The smallest absolute Gasteiger partial charge is 0.262 e. The van der Waals surface area contributed by atoms with Crippen LogP contribution in [0.1, 0.15) is 0 Å². The first-order valence-corrected chi connectivity index (χ1v) is 8.02. The molecule has 6 heteroatoms. The molecule has 0 aliphatic carbocycles. The van der Waals surface area contributed by atoms with Crippen molar-refractivity contribution in [3.63, 3.8) is 0 Å². The van der Waals surface area contributed by atoms with Gasteiger partial charge in [-0.05, 0) is 36.6 Å². The van der Waals surface area contributed by atoms with Crippen LogP contribution >= 0.6 is 11.8 Å². The summed E-state index contributed by atoms with van der Waals surface area (Å²) in [6, 6.07) is 8.09. The number of aromatic hydroxyl groups is 1. The lowest BCUT2D eigenvalue weighted by molar-refractivity contribution is 0.480. The van der Waals surface area contributed by atoms with Crippen molar-refractivity contribution in [1.29, 1.82) is 0 Å². The first-order valence-electron chi connectivity index (χ1n) is 6.79. The Morgan fingerprint density at radius 2 is 1.91 bits per heavy atom. The monoisotopic (exact) mass is 333 g/mol. The van der Waals surface area contributed by atoms with Crippen molar-refractivity contribution in [3.05, 3.63) is 58.4 Å². The van der Waals surface area contributed by atoms with Gasteiger partial charge in [-0.25, -0.2) is 8.78 Å². The molecule has 118 valence electrons. The number of pyridine rings is 1. The Morgan fingerprint density at radius 3 is 2.61 bits per heavy atom. The van der Waals surface area contributed by atoms with Gasteiger partial charge in [-0.3, -0.25) is 4.79 Å². The number of halogens is 2. The third-order valence-corrected chi connectivity index (χ3v) is 4.56. The van der Waals surface area contributed by atoms with E-state index < -0.39 is 17.2 Å². The van der Waals surface area contributed by atoms with Crippen molar-refractivity contribution in [3.8, 4) is 16.9 Å². The van der Waals surface area contributed by atoms with Crippen molar-refractivity contribution in [2.24, 2.45) is 7.05 Å². The summed E-state index contributed by atoms with van der Waals surface area (Å²) in [5.41, 5.74) is -0.544. The van der Waals surface area contributed by atoms with E-state index in [2.05, 4.69) is 0 Å². The summed E-state index contributed by atoms with van der Waals surface area (Å²) in [6.45, 7) is 0. The zero-order valence-electron chi connectivity index (χ0n) is 12.4. The van der Waals surface area contributed by atoms with E-state index >= 15 is 0 Å². The van der Waals surface area contributed by atoms with Crippen molar-refractivity contribution in [1.82, 2.24) is 4.57 Å². The first-order chi connectivity index (χ1) is 11.0. The fraction of sp³-hybridized carbons (Fsp3) is 0.118. The van der Waals surface area contributed by atoms with Gasteiger partial charge >= 0.3 is 0 Å². The van der Waals surface area contributed by atoms with Crippen LogP contribution in [0, 0.1) is 11.6 Å². The molecule has 3 rings (SSSR count). The molecule has 1 heterocycles. The SMILES string of the molecule is CSc1cccc2c1c(O)c(-c1cc(F)ccc1F)c(=O)n2C. The van der Waals surface area contributed by atoms with E-state index in [-0.39, 0.29) is 16.9 Å². The summed E-state index contributed by atoms with van der Waals surface area (Å²) in [5.74, 6) is -1.78. The zero-order valence-corrected chi connectivity index (χ0v) is 13.2. The highest BCUT2D eigenvalue weighted by Gasteiger charge is 2.21. The molecule has 1 N–H and O–H groups in total. The summed E-state index contributed by atoms with van der Waals surface area (Å²) in [7, 11) is 1.54. The minimum atomic E-state index is -0.764. The standard InChI is InChI=1S/C17H13F2NO2S/c1-20-12-4-3-5-13(23-2)15(12)16(21)14(17(20)22)10-8-9(18)6-7-11(10)19/h3-8,21H,1-2H3. The Labute approximate surface area is 135 Å². The van der Waals surface area contributed by atoms with Crippen LogP contribution < -0.4 is 5.56 Å². The van der Waals surface area contributed by atoms with Crippen LogP contribution in [0.5, 0.6) is 5.75 Å². The van der Waals surface area contributed by atoms with E-state index in [1.54, 1.807) is 18.2 Å². The van der Waals surface area contributed by atoms with Gasteiger partial charge in [0.1, 0.15) is 17.4 Å². The summed E-state index contributed by atoms with van der Waals surface area (Å²) in [5, 5.41) is 11.1. The first kappa shape index (κ1) is 15.6. The van der Waals surface area contributed by atoms with E-state index in [0.717, 1.165) is 23.1 Å². The number of hydrogen-bond donors (Lipinski definition) is 1. The fourth-order valence-corrected chi connectivity index (χ4v) is 3.26. The average Bonchev–Trinajstić information content (AvgIpc) is 2.55. The van der Waals surface area contributed by atoms with Gasteiger partial charge < -0.3 is 9.67 Å². The van der Waals surface area contributed by atoms with Crippen LogP contribution in [0.15, 0.2) is 46.1 Å². The van der Waals surface area contributed by atoms with Crippen molar-refractivity contribution in [2.45, 2.75) is 4.90 Å². The molecule has 23 heavy (non-hydrogen) atoms. The summed E-state index contributed by atoms with van der Waals surface area (Å²) in [4.78, 5) is 13.3. The zero-order chi connectivity index (χ0) is 16.7. The van der Waals surface area contributed by atoms with Crippen LogP contribution in [0.3, 0.4) is 0 Å². The number of aromatic nitrogens is 1. The van der Waals surface area contributed by atoms with Gasteiger partial charge in [0, 0.05) is 17.5 Å². The molecule has 2 aromatic carbocycles. The molecule has 0 saturated heterocycles. The lowest BCUT2D eigenvalue weighted by Gasteiger charge is -2.14. The summed E-state index contributed by atoms with van der Waals surface area (Å²) < 4.78 is 28.9. The molecule has 3 aromatic rings. The molecule has 0 fully saturated rings. The highest BCUT2D eigenvalue weighted by atomic mass is 32.2. The van der Waals surface area contributed by atoms with E-state index in [9.17, 15) is 18.7 Å². The number of thioether (sulfide) groups is 1. The van der Waals surface area contributed by atoms with Gasteiger partial charge in [0.2, 0.25) is 0 Å². The quantitative estimate of drug-likeness (QED) is 0.723. The number of fused-ring (bicyclic) bond motifs is 1. The third-order valence-electron chi connectivity index (χ3n) is 3.78. The van der Waals surface area contributed by atoms with Crippen LogP contribution in [0.2, 0.25) is 0 Å². The molecular formula is C17H13F2NO2S. The molecule has 0 aliphatic heterocycles. The van der Waals surface area contributed by atoms with E-state index in [1.165, 1.54) is 23.4 Å². The van der Waals surface area contributed by atoms with Gasteiger partial charge in [-0.15, -0.1) is 11.8 Å². The molecular weight excluding hydrogens is 320 g/mol. The number of nitrogens with zero attached hydrogens (tertiary/aromatic N) is 1. The van der Waals surface area contributed by atoms with Gasteiger partial charge in [-0.1, -0.05) is 6.07 Å². The number of aryl methyl sites for hydroxylation is 1. The van der Waals surface area contributed by atoms with Crippen molar-refractivity contribution >= 4 is 22.7 Å². The molecule has 0 saturated carbocycles. The number of benzene rings is 2. The molecule has 3 nitrogen and oxygen atoms in total. The Bertz CT molecular complexity index is 982. The van der Waals surface area contributed by atoms with Gasteiger partial charge in [0.15, 0.2) is 0 Å². The molecule has 0 spiro atoms. The molecule has 0 aliphatic rings. The minimum Gasteiger partial charge on any atom is -0.506 e. The fourth-order valence-electron chi connectivity index (χ4n) is 2.64. The number of hydrogen-bond acceptors (Lipinski definition) is 3. The van der Waals surface area contributed by atoms with Gasteiger partial charge in [-0.2, -0.15) is 0 Å². The summed E-state index contributed by atoms with van der Waals surface area (Å²) in [6.07, 6.45) is 1.84. The molecule has 0 bridgehead atoms. The van der Waals surface area contributed by atoms with Crippen molar-refractivity contribution < 1.29 is 13.9 Å². The Morgan fingerprint density at radius 1 is 1.17 bits per heavy atom. The topological polar surface area (TPSA) is 42.2 Å². The predicted molar refractivity (Wildman–Crippen MR) is 88.0 cm³/mol. The second-order valence-corrected chi connectivity index (χ2v) is 5.91. The van der Waals surface area contributed by atoms with Crippen molar-refractivity contribution in [2.75, 3.05) is 6.26 Å². The normalized spacial score (nSPS) is 11.1. The summed E-state index contributed by atoms with van der Waals surface area (Å²) >= 11 is 1.40. The second-order valence-electron chi connectivity index (χ2n) is 5.07. The molecule has 0 unspecified atom stereocenters. The van der Waals surface area contributed by atoms with Crippen LogP contribution in [-0.2, 0) is 7.05 Å². The van der Waals surface area contributed by atoms with Gasteiger partial charge in [0.25, 0.3) is 5.56 Å². The Balaban J connectivity index is 2.52. The van der Waals surface area contributed by atoms with E-state index in [0.29, 0.717) is 10.9 Å².